The predicted molar refractivity (Wildman–Crippen MR) is 65.0 cm³/mol. The Balaban J connectivity index is 3.70. The normalized spacial score (nSPS) is 18.0. The number of halogens is 2. The fraction of sp³-hybridized carbons (Fsp3) is 1.00. The molecule has 68 valence electrons. The van der Waals surface area contributed by atoms with Crippen LogP contribution in [0, 0.1) is 0 Å². The van der Waals surface area contributed by atoms with Crippen molar-refractivity contribution in [3.05, 3.63) is 0 Å². The lowest BCUT2D eigenvalue weighted by atomic mass is 9.97. The molecule has 0 nitrogen and oxygen atoms in total. The average molecular weight is 333 g/mol. The molecule has 0 spiro atoms. The van der Waals surface area contributed by atoms with Crippen molar-refractivity contribution < 1.29 is 0 Å². The molecule has 0 bridgehead atoms. The topological polar surface area (TPSA) is 0 Å². The minimum atomic E-state index is 0.357. The summed E-state index contributed by atoms with van der Waals surface area (Å²) in [5, 5.41) is 0. The molecule has 0 aromatic heterocycles. The molecule has 2 heteroatoms. The van der Waals surface area contributed by atoms with E-state index in [0.717, 1.165) is 0 Å². The second-order valence-electron chi connectivity index (χ2n) is 3.99. The van der Waals surface area contributed by atoms with Gasteiger partial charge in [-0.1, -0.05) is 59.3 Å². The van der Waals surface area contributed by atoms with Crippen LogP contribution < -0.4 is 0 Å². The van der Waals surface area contributed by atoms with Gasteiger partial charge in [0.05, 0.1) is 0 Å². The van der Waals surface area contributed by atoms with E-state index in [2.05, 4.69) is 66.2 Å². The van der Waals surface area contributed by atoms with Crippen molar-refractivity contribution in [1.29, 1.82) is 0 Å². The maximum atomic E-state index is 3.73. The van der Waals surface area contributed by atoms with Crippen molar-refractivity contribution in [3.8, 4) is 0 Å². The van der Waals surface area contributed by atoms with Crippen LogP contribution in [0.4, 0.5) is 0 Å². The Labute approximate surface area is 92.8 Å². The van der Waals surface area contributed by atoms with Crippen LogP contribution in [0.5, 0.6) is 0 Å². The minimum Gasteiger partial charge on any atom is -0.0856 e. The van der Waals surface area contributed by atoms with Gasteiger partial charge >= 0.3 is 0 Å². The van der Waals surface area contributed by atoms with Gasteiger partial charge in [0.1, 0.15) is 0 Å². The summed E-state index contributed by atoms with van der Waals surface area (Å²) in [6.45, 7) is 9.07. The van der Waals surface area contributed by atoms with E-state index in [1.165, 1.54) is 19.3 Å². The summed E-state index contributed by atoms with van der Waals surface area (Å²) in [7, 11) is 0. The van der Waals surface area contributed by atoms with E-state index < -0.39 is 0 Å². The molecule has 0 saturated heterocycles. The molecule has 0 N–H and O–H groups in total. The molecule has 11 heavy (non-hydrogen) atoms. The van der Waals surface area contributed by atoms with Crippen LogP contribution in [0.3, 0.4) is 0 Å². The predicted octanol–water partition coefficient (Wildman–Crippen LogP) is 4.54. The highest BCUT2D eigenvalue weighted by molar-refractivity contribution is 14.1. The monoisotopic (exact) mass is 332 g/mol. The van der Waals surface area contributed by atoms with Gasteiger partial charge in [-0.15, -0.1) is 0 Å². The lowest BCUT2D eigenvalue weighted by molar-refractivity contribution is 0.516. The van der Waals surface area contributed by atoms with Gasteiger partial charge in [-0.2, -0.15) is 0 Å². The fourth-order valence-corrected chi connectivity index (χ4v) is 1.20. The average Bonchev–Trinajstić information content (AvgIpc) is 1.83. The van der Waals surface area contributed by atoms with Crippen LogP contribution in [0.2, 0.25) is 0 Å². The first-order valence-electron chi connectivity index (χ1n) is 4.15. The Morgan fingerprint density at radius 3 is 1.91 bits per heavy atom. The van der Waals surface area contributed by atoms with Gasteiger partial charge in [0.2, 0.25) is 0 Å². The standard InChI is InChI=1S/C9H18BrI/c1-5-9(4,10)7-6-8(2,3)11/h5-7H2,1-4H3. The Kier molecular flexibility index (Phi) is 4.94. The Hall–Kier alpha value is 1.21. The molecular weight excluding hydrogens is 315 g/mol. The summed E-state index contributed by atoms with van der Waals surface area (Å²) in [4.78, 5) is 0. The van der Waals surface area contributed by atoms with Crippen LogP contribution in [0.15, 0.2) is 0 Å². The summed E-state index contributed by atoms with van der Waals surface area (Å²) in [6.07, 6.45) is 3.75. The van der Waals surface area contributed by atoms with Gasteiger partial charge in [0.15, 0.2) is 0 Å². The zero-order chi connectivity index (χ0) is 9.12. The molecule has 0 aliphatic rings. The zero-order valence-electron chi connectivity index (χ0n) is 7.88. The van der Waals surface area contributed by atoms with Gasteiger partial charge in [0.25, 0.3) is 0 Å². The molecule has 0 saturated carbocycles. The molecule has 0 heterocycles. The molecule has 0 fully saturated rings. The van der Waals surface area contributed by atoms with Crippen molar-refractivity contribution in [3.63, 3.8) is 0 Å². The van der Waals surface area contributed by atoms with Crippen molar-refractivity contribution in [2.75, 3.05) is 0 Å². The summed E-state index contributed by atoms with van der Waals surface area (Å²) in [5.41, 5.74) is 0. The van der Waals surface area contributed by atoms with Crippen molar-refractivity contribution in [1.82, 2.24) is 0 Å². The molecular formula is C9H18BrI. The smallest absolute Gasteiger partial charge is 0.0227 e. The van der Waals surface area contributed by atoms with Crippen molar-refractivity contribution in [2.45, 2.75) is 54.7 Å². The van der Waals surface area contributed by atoms with Crippen LogP contribution in [-0.4, -0.2) is 7.75 Å². The lowest BCUT2D eigenvalue weighted by Gasteiger charge is -2.24. The van der Waals surface area contributed by atoms with Gasteiger partial charge in [0, 0.05) is 7.75 Å². The Morgan fingerprint density at radius 2 is 1.64 bits per heavy atom. The largest absolute Gasteiger partial charge is 0.0856 e. The summed E-state index contributed by atoms with van der Waals surface area (Å²) in [6, 6.07) is 0. The SMILES string of the molecule is CCC(C)(Br)CCC(C)(C)I. The molecule has 0 aliphatic carbocycles. The number of hydrogen-bond acceptors (Lipinski definition) is 0. The second-order valence-corrected chi connectivity index (χ2v) is 8.82. The molecule has 1 unspecified atom stereocenters. The number of hydrogen-bond donors (Lipinski definition) is 0. The molecule has 1 atom stereocenters. The third-order valence-electron chi connectivity index (χ3n) is 1.98. The fourth-order valence-electron chi connectivity index (χ4n) is 0.735. The molecule has 0 amide bonds. The van der Waals surface area contributed by atoms with Gasteiger partial charge in [-0.05, 0) is 26.2 Å². The van der Waals surface area contributed by atoms with Gasteiger partial charge in [-0.3, -0.25) is 0 Å². The van der Waals surface area contributed by atoms with Crippen LogP contribution >= 0.6 is 38.5 Å². The quantitative estimate of drug-likeness (QED) is 0.523. The van der Waals surface area contributed by atoms with E-state index in [9.17, 15) is 0 Å². The molecule has 0 aromatic carbocycles. The van der Waals surface area contributed by atoms with E-state index in [4.69, 9.17) is 0 Å². The summed E-state index contributed by atoms with van der Waals surface area (Å²) in [5.74, 6) is 0. The lowest BCUT2D eigenvalue weighted by Crippen LogP contribution is -2.19. The number of rotatable bonds is 4. The Morgan fingerprint density at radius 1 is 1.18 bits per heavy atom. The maximum absolute atomic E-state index is 3.73. The highest BCUT2D eigenvalue weighted by atomic mass is 127. The van der Waals surface area contributed by atoms with Gasteiger partial charge in [-0.25, -0.2) is 0 Å². The van der Waals surface area contributed by atoms with E-state index >= 15 is 0 Å². The minimum absolute atomic E-state index is 0.357. The number of alkyl halides is 2. The van der Waals surface area contributed by atoms with Crippen molar-refractivity contribution in [2.24, 2.45) is 0 Å². The highest BCUT2D eigenvalue weighted by Gasteiger charge is 2.21. The van der Waals surface area contributed by atoms with Crippen LogP contribution in [0.25, 0.3) is 0 Å². The first kappa shape index (κ1) is 12.2. The zero-order valence-corrected chi connectivity index (χ0v) is 11.6. The van der Waals surface area contributed by atoms with E-state index in [0.29, 0.717) is 7.75 Å². The molecule has 0 aliphatic heterocycles. The van der Waals surface area contributed by atoms with Gasteiger partial charge < -0.3 is 0 Å². The van der Waals surface area contributed by atoms with Crippen LogP contribution in [0.1, 0.15) is 47.0 Å². The molecule has 0 aromatic rings. The van der Waals surface area contributed by atoms with E-state index in [1.807, 2.05) is 0 Å². The summed E-state index contributed by atoms with van der Waals surface area (Å²) < 4.78 is 0.803. The summed E-state index contributed by atoms with van der Waals surface area (Å²) >= 11 is 6.24. The first-order valence-corrected chi connectivity index (χ1v) is 6.02. The highest BCUT2D eigenvalue weighted by Crippen LogP contribution is 2.33. The Bertz CT molecular complexity index is 113. The van der Waals surface area contributed by atoms with E-state index in [1.54, 1.807) is 0 Å². The molecule has 0 rings (SSSR count). The van der Waals surface area contributed by atoms with Crippen molar-refractivity contribution >= 4 is 38.5 Å². The van der Waals surface area contributed by atoms with E-state index in [-0.39, 0.29) is 0 Å². The maximum Gasteiger partial charge on any atom is 0.0227 e. The third kappa shape index (κ3) is 7.57. The second kappa shape index (κ2) is 4.45. The third-order valence-corrected chi connectivity index (χ3v) is 3.47. The van der Waals surface area contributed by atoms with Crippen LogP contribution in [-0.2, 0) is 0 Å². The first-order chi connectivity index (χ1) is 4.77. The molecule has 0 radical (unpaired) electrons.